The number of hydrogen-bond acceptors (Lipinski definition) is 1. The zero-order chi connectivity index (χ0) is 41.7. The molecule has 4 saturated carbocycles. The zero-order valence-corrected chi connectivity index (χ0v) is 36.2. The molecule has 0 unspecified atom stereocenters. The number of fused-ring (bicyclic) bond motifs is 12. The van der Waals surface area contributed by atoms with Crippen LogP contribution in [0.25, 0.3) is 33.4 Å². The molecular weight excluding hydrogens is 759 g/mol. The molecule has 2 spiro atoms. The van der Waals surface area contributed by atoms with Crippen molar-refractivity contribution in [3.8, 4) is 33.4 Å². The molecule has 0 saturated heterocycles. The highest BCUT2D eigenvalue weighted by atomic mass is 15.1. The number of para-hydroxylation sites is 1. The van der Waals surface area contributed by atoms with Gasteiger partial charge < -0.3 is 4.90 Å². The second kappa shape index (κ2) is 12.8. The van der Waals surface area contributed by atoms with Gasteiger partial charge in [-0.15, -0.1) is 0 Å². The van der Waals surface area contributed by atoms with E-state index in [9.17, 15) is 0 Å². The van der Waals surface area contributed by atoms with Gasteiger partial charge in [0.1, 0.15) is 0 Å². The SMILES string of the molecule is CC1(C)c2ccccc2C2(c3ccccc3-c3ccc(N(c4ccc5c(c4)C4(c6ccccc6-5)C5CC6CC(C5)CC4C6)c4ccccc4-c4ccccc4)cc32)c2ccccc21. The summed E-state index contributed by atoms with van der Waals surface area (Å²) in [4.78, 5) is 2.62. The average Bonchev–Trinajstić information content (AvgIpc) is 3.78. The molecule has 304 valence electrons. The lowest BCUT2D eigenvalue weighted by atomic mass is 9.43. The number of rotatable bonds is 4. The summed E-state index contributed by atoms with van der Waals surface area (Å²) in [6, 6.07) is 72.6. The Bertz CT molecular complexity index is 3110. The highest BCUT2D eigenvalue weighted by molar-refractivity contribution is 5.94. The van der Waals surface area contributed by atoms with Crippen LogP contribution in [0.3, 0.4) is 0 Å². The Labute approximate surface area is 372 Å². The van der Waals surface area contributed by atoms with E-state index in [1.54, 1.807) is 11.1 Å². The maximum Gasteiger partial charge on any atom is 0.0720 e. The number of benzene rings is 8. The molecule has 7 aliphatic rings. The lowest BCUT2D eigenvalue weighted by Crippen LogP contribution is -2.55. The van der Waals surface area contributed by atoms with Crippen molar-refractivity contribution in [2.24, 2.45) is 23.7 Å². The molecular formula is C62H51N. The van der Waals surface area contributed by atoms with E-state index in [1.807, 2.05) is 0 Å². The molecule has 4 bridgehead atoms. The molecule has 7 aliphatic carbocycles. The van der Waals surface area contributed by atoms with E-state index in [-0.39, 0.29) is 10.8 Å². The van der Waals surface area contributed by atoms with Gasteiger partial charge in [0.15, 0.2) is 0 Å². The summed E-state index contributed by atoms with van der Waals surface area (Å²) in [5, 5.41) is 0. The van der Waals surface area contributed by atoms with Crippen molar-refractivity contribution in [1.29, 1.82) is 0 Å². The quantitative estimate of drug-likeness (QED) is 0.171. The molecule has 63 heavy (non-hydrogen) atoms. The average molecular weight is 810 g/mol. The Morgan fingerprint density at radius 1 is 0.365 bits per heavy atom. The molecule has 8 aromatic rings. The molecule has 1 nitrogen and oxygen atoms in total. The van der Waals surface area contributed by atoms with Crippen molar-refractivity contribution < 1.29 is 0 Å². The molecule has 0 heterocycles. The largest absolute Gasteiger partial charge is 0.310 e. The first-order chi connectivity index (χ1) is 31.0. The molecule has 15 rings (SSSR count). The summed E-state index contributed by atoms with van der Waals surface area (Å²) in [6.07, 6.45) is 6.95. The Morgan fingerprint density at radius 2 is 0.810 bits per heavy atom. The smallest absolute Gasteiger partial charge is 0.0720 e. The Morgan fingerprint density at radius 3 is 1.43 bits per heavy atom. The standard InChI is InChI=1S/C62H51N/c1-60(2)53-23-11-13-25-55(53)62(56-26-14-12-24-54(56)60)52-22-10-7-20-48(52)50-31-29-45(38-58(50)62)63(59-27-15-8-18-46(59)41-16-4-3-5-17-41)44-28-30-49-47-19-6-9-21-51(47)61(57(49)37-44)42-33-39-32-40(35-42)36-43(61)34-39/h3-31,37-40,42-43H,32-36H2,1-2H3. The minimum Gasteiger partial charge on any atom is -0.310 e. The number of nitrogens with zero attached hydrogens (tertiary/aromatic N) is 1. The monoisotopic (exact) mass is 809 g/mol. The summed E-state index contributed by atoms with van der Waals surface area (Å²) in [6.45, 7) is 4.83. The minimum atomic E-state index is -0.473. The van der Waals surface area contributed by atoms with Crippen LogP contribution in [0, 0.1) is 23.7 Å². The van der Waals surface area contributed by atoms with Crippen molar-refractivity contribution in [3.63, 3.8) is 0 Å². The predicted molar refractivity (Wildman–Crippen MR) is 259 cm³/mol. The maximum atomic E-state index is 2.67. The second-order valence-corrected chi connectivity index (χ2v) is 20.4. The Hall–Kier alpha value is -6.44. The Balaban J connectivity index is 1.05. The van der Waals surface area contributed by atoms with E-state index in [0.29, 0.717) is 11.8 Å². The van der Waals surface area contributed by atoms with Gasteiger partial charge in [0.05, 0.1) is 11.1 Å². The first-order valence-electron chi connectivity index (χ1n) is 23.6. The van der Waals surface area contributed by atoms with Crippen molar-refractivity contribution in [1.82, 2.24) is 0 Å². The van der Waals surface area contributed by atoms with Gasteiger partial charge in [0.2, 0.25) is 0 Å². The zero-order valence-electron chi connectivity index (χ0n) is 36.2. The van der Waals surface area contributed by atoms with Crippen LogP contribution in [0.4, 0.5) is 17.1 Å². The third kappa shape index (κ3) is 4.58. The van der Waals surface area contributed by atoms with Crippen LogP contribution in [0.2, 0.25) is 0 Å². The van der Waals surface area contributed by atoms with Crippen LogP contribution in [-0.2, 0) is 16.2 Å². The third-order valence-corrected chi connectivity index (χ3v) is 17.3. The molecule has 1 heteroatoms. The first-order valence-corrected chi connectivity index (χ1v) is 23.6. The lowest BCUT2D eigenvalue weighted by Gasteiger charge is -2.61. The number of hydrogen-bond donors (Lipinski definition) is 0. The fourth-order valence-electron chi connectivity index (χ4n) is 15.2. The molecule has 0 aromatic heterocycles. The minimum absolute atomic E-state index is 0.0753. The Kier molecular flexibility index (Phi) is 7.35. The number of anilines is 3. The summed E-state index contributed by atoms with van der Waals surface area (Å²) in [7, 11) is 0. The lowest BCUT2D eigenvalue weighted by molar-refractivity contribution is -0.0399. The van der Waals surface area contributed by atoms with Crippen LogP contribution in [0.5, 0.6) is 0 Å². The van der Waals surface area contributed by atoms with Crippen LogP contribution < -0.4 is 4.90 Å². The highest BCUT2D eigenvalue weighted by Gasteiger charge is 2.62. The predicted octanol–water partition coefficient (Wildman–Crippen LogP) is 15.5. The molecule has 0 N–H and O–H groups in total. The van der Waals surface area contributed by atoms with Gasteiger partial charge in [-0.3, -0.25) is 0 Å². The van der Waals surface area contributed by atoms with Gasteiger partial charge in [-0.05, 0) is 158 Å². The van der Waals surface area contributed by atoms with E-state index in [1.165, 1.54) is 116 Å². The fraction of sp³-hybridized carbons (Fsp3) is 0.226. The second-order valence-electron chi connectivity index (χ2n) is 20.4. The summed E-state index contributed by atoms with van der Waals surface area (Å²) < 4.78 is 0. The van der Waals surface area contributed by atoms with Crippen LogP contribution in [0.15, 0.2) is 188 Å². The summed E-state index contributed by atoms with van der Waals surface area (Å²) in [5.74, 6) is 3.20. The van der Waals surface area contributed by atoms with Crippen molar-refractivity contribution in [2.75, 3.05) is 4.90 Å². The highest BCUT2D eigenvalue weighted by Crippen LogP contribution is 2.70. The fourth-order valence-corrected chi connectivity index (χ4v) is 15.2. The molecule has 0 radical (unpaired) electrons. The molecule has 0 atom stereocenters. The van der Waals surface area contributed by atoms with E-state index in [0.717, 1.165) is 11.8 Å². The van der Waals surface area contributed by atoms with Crippen LogP contribution >= 0.6 is 0 Å². The van der Waals surface area contributed by atoms with Gasteiger partial charge in [0.25, 0.3) is 0 Å². The van der Waals surface area contributed by atoms with Gasteiger partial charge in [0, 0.05) is 27.8 Å². The third-order valence-electron chi connectivity index (χ3n) is 17.3. The van der Waals surface area contributed by atoms with Crippen molar-refractivity contribution >= 4 is 17.1 Å². The van der Waals surface area contributed by atoms with Crippen LogP contribution in [0.1, 0.15) is 90.5 Å². The summed E-state index contributed by atoms with van der Waals surface area (Å²) in [5.41, 5.74) is 22.7. The van der Waals surface area contributed by atoms with Gasteiger partial charge >= 0.3 is 0 Å². The van der Waals surface area contributed by atoms with Crippen LogP contribution in [-0.4, -0.2) is 0 Å². The maximum absolute atomic E-state index is 2.67. The molecule has 0 aliphatic heterocycles. The molecule has 0 amide bonds. The first kappa shape index (κ1) is 36.1. The van der Waals surface area contributed by atoms with Gasteiger partial charge in [-0.25, -0.2) is 0 Å². The van der Waals surface area contributed by atoms with E-state index >= 15 is 0 Å². The van der Waals surface area contributed by atoms with E-state index in [2.05, 4.69) is 207 Å². The molecule has 4 fully saturated rings. The van der Waals surface area contributed by atoms with E-state index in [4.69, 9.17) is 0 Å². The topological polar surface area (TPSA) is 3.24 Å². The van der Waals surface area contributed by atoms with Gasteiger partial charge in [-0.2, -0.15) is 0 Å². The van der Waals surface area contributed by atoms with Crippen molar-refractivity contribution in [3.05, 3.63) is 233 Å². The summed E-state index contributed by atoms with van der Waals surface area (Å²) >= 11 is 0. The molecule has 8 aromatic carbocycles. The normalized spacial score (nSPS) is 24.0. The van der Waals surface area contributed by atoms with Crippen molar-refractivity contribution in [2.45, 2.75) is 62.2 Å². The van der Waals surface area contributed by atoms with Gasteiger partial charge in [-0.1, -0.05) is 172 Å². The van der Waals surface area contributed by atoms with E-state index < -0.39 is 5.41 Å².